The first kappa shape index (κ1) is 22.6. The Morgan fingerprint density at radius 3 is 1.31 bits per heavy atom. The van der Waals surface area contributed by atoms with E-state index in [9.17, 15) is 0 Å². The maximum absolute atomic E-state index is 2.35. The predicted octanol–water partition coefficient (Wildman–Crippen LogP) is 9.94. The van der Waals surface area contributed by atoms with Crippen LogP contribution in [0.1, 0.15) is 16.7 Å². The van der Waals surface area contributed by atoms with Gasteiger partial charge in [-0.15, -0.1) is 0 Å². The quantitative estimate of drug-likeness (QED) is 0.216. The van der Waals surface area contributed by atoms with Gasteiger partial charge in [0.25, 0.3) is 0 Å². The van der Waals surface area contributed by atoms with Crippen molar-refractivity contribution in [2.24, 2.45) is 0 Å². The lowest BCUT2D eigenvalue weighted by Crippen LogP contribution is -1.80. The van der Waals surface area contributed by atoms with Crippen LogP contribution in [0.2, 0.25) is 0 Å². The molecule has 0 atom stereocenters. The minimum absolute atomic E-state index is 1.32. The first-order valence-corrected chi connectivity index (χ1v) is 12.2. The molecular weight excluding hydrogens is 420 g/mol. The fourth-order valence-corrected chi connectivity index (χ4v) is 4.72. The molecule has 0 N–H and O–H groups in total. The van der Waals surface area contributed by atoms with Crippen molar-refractivity contribution in [2.45, 2.75) is 20.8 Å². The van der Waals surface area contributed by atoms with Crippen molar-refractivity contribution in [3.63, 3.8) is 0 Å². The van der Waals surface area contributed by atoms with Crippen LogP contribution in [0, 0.1) is 20.8 Å². The molecule has 0 saturated carbocycles. The lowest BCUT2D eigenvalue weighted by Gasteiger charge is -2.06. The third kappa shape index (κ3) is 4.88. The predicted molar refractivity (Wildman–Crippen MR) is 153 cm³/mol. The molecule has 6 aromatic rings. The largest absolute Gasteiger partial charge is 0.0622 e. The van der Waals surface area contributed by atoms with Gasteiger partial charge >= 0.3 is 0 Å². The molecule has 0 aromatic heterocycles. The molecule has 0 amide bonds. The minimum Gasteiger partial charge on any atom is -0.0622 e. The molecule has 0 aliphatic heterocycles. The van der Waals surface area contributed by atoms with Gasteiger partial charge in [0.1, 0.15) is 0 Å². The number of hydrogen-bond acceptors (Lipinski definition) is 0. The fraction of sp³-hybridized carbons (Fsp3) is 0.0857. The van der Waals surface area contributed by atoms with Gasteiger partial charge in [-0.05, 0) is 76.7 Å². The molecule has 0 nitrogen and oxygen atoms in total. The second-order valence-electron chi connectivity index (χ2n) is 9.27. The number of aryl methyl sites for hydroxylation is 3. The van der Waals surface area contributed by atoms with Crippen molar-refractivity contribution in [3.05, 3.63) is 144 Å². The van der Waals surface area contributed by atoms with E-state index >= 15 is 0 Å². The summed E-state index contributed by atoms with van der Waals surface area (Å²) in [5.74, 6) is 0. The summed E-state index contributed by atoms with van der Waals surface area (Å²) in [5, 5.41) is 5.39. The summed E-state index contributed by atoms with van der Waals surface area (Å²) >= 11 is 0. The normalized spacial score (nSPS) is 10.7. The highest BCUT2D eigenvalue weighted by Crippen LogP contribution is 2.48. The Hall–Kier alpha value is -4.16. The second-order valence-corrected chi connectivity index (χ2v) is 9.27. The fourth-order valence-electron chi connectivity index (χ4n) is 4.72. The van der Waals surface area contributed by atoms with E-state index in [-0.39, 0.29) is 0 Å². The second kappa shape index (κ2) is 9.99. The van der Waals surface area contributed by atoms with E-state index in [1.165, 1.54) is 60.5 Å². The Labute approximate surface area is 208 Å². The van der Waals surface area contributed by atoms with Crippen LogP contribution in [-0.2, 0) is 0 Å². The Balaban J connectivity index is 0.000000149. The van der Waals surface area contributed by atoms with Crippen LogP contribution in [0.3, 0.4) is 0 Å². The molecule has 1 aliphatic rings. The molecule has 6 aromatic carbocycles. The summed E-state index contributed by atoms with van der Waals surface area (Å²) in [6.45, 7) is 6.32. The Kier molecular flexibility index (Phi) is 6.46. The van der Waals surface area contributed by atoms with Crippen LogP contribution in [0.5, 0.6) is 0 Å². The highest BCUT2D eigenvalue weighted by Gasteiger charge is 2.21. The maximum atomic E-state index is 2.35. The maximum Gasteiger partial charge on any atom is -0.00264 e. The van der Waals surface area contributed by atoms with Crippen molar-refractivity contribution in [1.82, 2.24) is 0 Å². The molecule has 0 heteroatoms. The van der Waals surface area contributed by atoms with Gasteiger partial charge in [0, 0.05) is 0 Å². The average molecular weight is 451 g/mol. The molecular formula is C35H30. The summed E-state index contributed by atoms with van der Waals surface area (Å²) in [7, 11) is 0. The molecule has 1 aliphatic carbocycles. The summed E-state index contributed by atoms with van der Waals surface area (Å²) in [6.07, 6.45) is 0. The Morgan fingerprint density at radius 1 is 0.314 bits per heavy atom. The Morgan fingerprint density at radius 2 is 0.829 bits per heavy atom. The smallest absolute Gasteiger partial charge is 0.00264 e. The molecule has 0 unspecified atom stereocenters. The molecule has 0 radical (unpaired) electrons. The monoisotopic (exact) mass is 450 g/mol. The van der Waals surface area contributed by atoms with Gasteiger partial charge in [-0.2, -0.15) is 0 Å². The van der Waals surface area contributed by atoms with Crippen molar-refractivity contribution >= 4 is 21.5 Å². The SMILES string of the molecule is Cc1ccc2cc3c(cc2c1)-c1cccc2cccc-3c12.Cc1ccccc1.Cc1ccccc1. The molecule has 0 bridgehead atoms. The van der Waals surface area contributed by atoms with Crippen molar-refractivity contribution in [3.8, 4) is 22.3 Å². The molecule has 35 heavy (non-hydrogen) atoms. The third-order valence-corrected chi connectivity index (χ3v) is 6.50. The molecule has 7 rings (SSSR count). The number of benzene rings is 6. The van der Waals surface area contributed by atoms with E-state index in [0.717, 1.165) is 0 Å². The van der Waals surface area contributed by atoms with E-state index in [2.05, 4.69) is 112 Å². The Bertz CT molecular complexity index is 1550. The lowest BCUT2D eigenvalue weighted by molar-refractivity contribution is 1.48. The highest BCUT2D eigenvalue weighted by molar-refractivity contribution is 6.17. The van der Waals surface area contributed by atoms with Crippen LogP contribution in [0.25, 0.3) is 43.8 Å². The van der Waals surface area contributed by atoms with E-state index in [4.69, 9.17) is 0 Å². The third-order valence-electron chi connectivity index (χ3n) is 6.50. The topological polar surface area (TPSA) is 0 Å². The van der Waals surface area contributed by atoms with Gasteiger partial charge in [0.15, 0.2) is 0 Å². The average Bonchev–Trinajstić information content (AvgIpc) is 3.19. The van der Waals surface area contributed by atoms with Gasteiger partial charge in [0.2, 0.25) is 0 Å². The van der Waals surface area contributed by atoms with Crippen molar-refractivity contribution in [2.75, 3.05) is 0 Å². The number of rotatable bonds is 0. The zero-order chi connectivity index (χ0) is 24.2. The van der Waals surface area contributed by atoms with Crippen molar-refractivity contribution in [1.29, 1.82) is 0 Å². The standard InChI is InChI=1S/C21H14.2C7H8/c1-13-8-9-15-11-19-17-6-2-4-14-5-3-7-18(21(14)17)20(19)12-16(15)10-13;2*1-7-5-3-2-4-6-7/h2-12H,1H3;2*2-6H,1H3. The lowest BCUT2D eigenvalue weighted by atomic mass is 9.98. The van der Waals surface area contributed by atoms with Crippen LogP contribution in [0.4, 0.5) is 0 Å². The molecule has 170 valence electrons. The zero-order valence-corrected chi connectivity index (χ0v) is 20.6. The summed E-state index contributed by atoms with van der Waals surface area (Å²) < 4.78 is 0. The van der Waals surface area contributed by atoms with Crippen LogP contribution in [0.15, 0.2) is 127 Å². The first-order chi connectivity index (χ1) is 17.1. The molecule has 0 fully saturated rings. The number of hydrogen-bond donors (Lipinski definition) is 0. The van der Waals surface area contributed by atoms with Crippen molar-refractivity contribution < 1.29 is 0 Å². The van der Waals surface area contributed by atoms with E-state index < -0.39 is 0 Å². The van der Waals surface area contributed by atoms with Crippen LogP contribution < -0.4 is 0 Å². The van der Waals surface area contributed by atoms with Gasteiger partial charge in [-0.25, -0.2) is 0 Å². The number of fused-ring (bicyclic) bond motifs is 4. The zero-order valence-electron chi connectivity index (χ0n) is 20.6. The summed E-state index contributed by atoms with van der Waals surface area (Å²) in [5.41, 5.74) is 9.46. The van der Waals surface area contributed by atoms with Gasteiger partial charge in [0.05, 0.1) is 0 Å². The highest BCUT2D eigenvalue weighted by atomic mass is 14.2. The minimum atomic E-state index is 1.32. The van der Waals surface area contributed by atoms with Crippen LogP contribution in [-0.4, -0.2) is 0 Å². The first-order valence-electron chi connectivity index (χ1n) is 12.2. The van der Waals surface area contributed by atoms with E-state index in [1.807, 2.05) is 36.4 Å². The van der Waals surface area contributed by atoms with Crippen LogP contribution >= 0.6 is 0 Å². The van der Waals surface area contributed by atoms with Gasteiger partial charge < -0.3 is 0 Å². The summed E-state index contributed by atoms with van der Waals surface area (Å²) in [6, 6.07) is 45.2. The van der Waals surface area contributed by atoms with Gasteiger partial charge in [-0.3, -0.25) is 0 Å². The molecule has 0 saturated heterocycles. The summed E-state index contributed by atoms with van der Waals surface area (Å²) in [4.78, 5) is 0. The van der Waals surface area contributed by atoms with E-state index in [1.54, 1.807) is 0 Å². The molecule has 0 heterocycles. The molecule has 0 spiro atoms. The van der Waals surface area contributed by atoms with E-state index in [0.29, 0.717) is 0 Å². The van der Waals surface area contributed by atoms with Gasteiger partial charge in [-0.1, -0.05) is 132 Å².